The second-order valence-corrected chi connectivity index (χ2v) is 9.05. The summed E-state index contributed by atoms with van der Waals surface area (Å²) in [6.07, 6.45) is 4.52. The Kier molecular flexibility index (Phi) is 6.35. The van der Waals surface area contributed by atoms with E-state index in [-0.39, 0.29) is 23.8 Å². The molecule has 33 heavy (non-hydrogen) atoms. The highest BCUT2D eigenvalue weighted by Crippen LogP contribution is 2.36. The van der Waals surface area contributed by atoms with E-state index < -0.39 is 0 Å². The first-order chi connectivity index (χ1) is 16.2. The zero-order chi connectivity index (χ0) is 22.6. The highest BCUT2D eigenvalue weighted by molar-refractivity contribution is 7.99. The maximum absolute atomic E-state index is 12.8. The van der Waals surface area contributed by atoms with Crippen LogP contribution in [0.15, 0.2) is 66.3 Å². The molecule has 0 unspecified atom stereocenters. The van der Waals surface area contributed by atoms with Crippen molar-refractivity contribution in [1.82, 2.24) is 20.1 Å². The number of nitrogens with zero attached hydrogens (tertiary/aromatic N) is 3. The molecule has 1 N–H and O–H groups in total. The van der Waals surface area contributed by atoms with Crippen molar-refractivity contribution in [2.75, 3.05) is 12.4 Å². The molecular weight excluding hydrogens is 436 g/mol. The number of aromatic nitrogens is 3. The first kappa shape index (κ1) is 21.6. The lowest BCUT2D eigenvalue weighted by atomic mass is 9.88. The van der Waals surface area contributed by atoms with Gasteiger partial charge in [-0.15, -0.1) is 16.8 Å². The Balaban J connectivity index is 1.25. The topological polar surface area (TPSA) is 78.3 Å². The fourth-order valence-electron chi connectivity index (χ4n) is 4.36. The zero-order valence-corrected chi connectivity index (χ0v) is 19.1. The van der Waals surface area contributed by atoms with E-state index in [0.717, 1.165) is 25.0 Å². The Morgan fingerprint density at radius 2 is 2.00 bits per heavy atom. The molecule has 0 spiro atoms. The van der Waals surface area contributed by atoms with Crippen molar-refractivity contribution < 1.29 is 14.3 Å². The number of rotatable bonds is 7. The molecule has 7 nitrogen and oxygen atoms in total. The summed E-state index contributed by atoms with van der Waals surface area (Å²) in [5, 5.41) is 12.6. The molecule has 5 rings (SSSR count). The van der Waals surface area contributed by atoms with Crippen molar-refractivity contribution >= 4 is 17.7 Å². The normalized spacial score (nSPS) is 18.9. The SMILES string of the molecule is C=CCn1c(SCC(=O)N[C@@H]2CCCc3ccccc32)nnc1[C@H]1COc2ccccc2O1. The van der Waals surface area contributed by atoms with E-state index in [9.17, 15) is 4.79 Å². The average Bonchev–Trinajstić information content (AvgIpc) is 3.25. The van der Waals surface area contributed by atoms with Crippen LogP contribution in [-0.4, -0.2) is 33.0 Å². The molecule has 1 aliphatic heterocycles. The monoisotopic (exact) mass is 462 g/mol. The zero-order valence-electron chi connectivity index (χ0n) is 18.3. The third kappa shape index (κ3) is 4.61. The number of benzene rings is 2. The van der Waals surface area contributed by atoms with Crippen LogP contribution < -0.4 is 14.8 Å². The van der Waals surface area contributed by atoms with Gasteiger partial charge in [-0.05, 0) is 42.5 Å². The number of para-hydroxylation sites is 2. The molecule has 2 aliphatic rings. The number of hydrogen-bond acceptors (Lipinski definition) is 6. The summed E-state index contributed by atoms with van der Waals surface area (Å²) in [6, 6.07) is 16.0. The van der Waals surface area contributed by atoms with Gasteiger partial charge in [-0.25, -0.2) is 0 Å². The maximum Gasteiger partial charge on any atom is 0.230 e. The number of ether oxygens (including phenoxy) is 2. The second kappa shape index (κ2) is 9.70. The minimum Gasteiger partial charge on any atom is -0.485 e. The van der Waals surface area contributed by atoms with Crippen molar-refractivity contribution in [2.45, 2.75) is 43.1 Å². The predicted molar refractivity (Wildman–Crippen MR) is 127 cm³/mol. The van der Waals surface area contributed by atoms with Crippen molar-refractivity contribution in [1.29, 1.82) is 0 Å². The molecule has 8 heteroatoms. The number of thioether (sulfide) groups is 1. The van der Waals surface area contributed by atoms with E-state index in [1.54, 1.807) is 6.08 Å². The van der Waals surface area contributed by atoms with Crippen LogP contribution in [0, 0.1) is 0 Å². The summed E-state index contributed by atoms with van der Waals surface area (Å²) in [4.78, 5) is 12.8. The van der Waals surface area contributed by atoms with Crippen LogP contribution in [0.25, 0.3) is 0 Å². The molecule has 1 aromatic heterocycles. The largest absolute Gasteiger partial charge is 0.485 e. The van der Waals surface area contributed by atoms with Gasteiger partial charge >= 0.3 is 0 Å². The molecule has 1 aliphatic carbocycles. The molecule has 1 amide bonds. The summed E-state index contributed by atoms with van der Waals surface area (Å²) in [6.45, 7) is 4.72. The van der Waals surface area contributed by atoms with E-state index in [2.05, 4.69) is 40.3 Å². The molecule has 2 aromatic carbocycles. The molecule has 0 saturated heterocycles. The molecule has 0 fully saturated rings. The van der Waals surface area contributed by atoms with Crippen LogP contribution in [0.5, 0.6) is 11.5 Å². The minimum absolute atomic E-state index is 0.0115. The number of carbonyl (C=O) groups is 1. The first-order valence-electron chi connectivity index (χ1n) is 11.2. The van der Waals surface area contributed by atoms with Crippen molar-refractivity contribution in [2.24, 2.45) is 0 Å². The van der Waals surface area contributed by atoms with Crippen molar-refractivity contribution in [3.63, 3.8) is 0 Å². The van der Waals surface area contributed by atoms with E-state index >= 15 is 0 Å². The predicted octanol–water partition coefficient (Wildman–Crippen LogP) is 4.26. The summed E-state index contributed by atoms with van der Waals surface area (Å²) >= 11 is 1.37. The summed E-state index contributed by atoms with van der Waals surface area (Å²) in [5.41, 5.74) is 2.56. The fraction of sp³-hybridized carbons (Fsp3) is 0.320. The average molecular weight is 463 g/mol. The van der Waals surface area contributed by atoms with Crippen LogP contribution in [-0.2, 0) is 17.8 Å². The van der Waals surface area contributed by atoms with Crippen LogP contribution in [0.4, 0.5) is 0 Å². The fourth-order valence-corrected chi connectivity index (χ4v) is 5.13. The maximum atomic E-state index is 12.8. The molecule has 2 heterocycles. The van der Waals surface area contributed by atoms with Gasteiger partial charge in [-0.1, -0.05) is 54.2 Å². The number of hydrogen-bond donors (Lipinski definition) is 1. The molecule has 3 aromatic rings. The van der Waals surface area contributed by atoms with Gasteiger partial charge in [0.05, 0.1) is 11.8 Å². The van der Waals surface area contributed by atoms with E-state index in [0.29, 0.717) is 29.9 Å². The van der Waals surface area contributed by atoms with E-state index in [1.165, 1.54) is 22.9 Å². The Hall–Kier alpha value is -3.26. The van der Waals surface area contributed by atoms with Gasteiger partial charge in [0.25, 0.3) is 0 Å². The van der Waals surface area contributed by atoms with Gasteiger partial charge < -0.3 is 14.8 Å². The third-order valence-electron chi connectivity index (χ3n) is 5.89. The lowest BCUT2D eigenvalue weighted by Gasteiger charge is -2.26. The Morgan fingerprint density at radius 1 is 1.18 bits per heavy atom. The van der Waals surface area contributed by atoms with Gasteiger partial charge in [0, 0.05) is 6.54 Å². The van der Waals surface area contributed by atoms with Crippen molar-refractivity contribution in [3.05, 3.63) is 78.1 Å². The summed E-state index contributed by atoms with van der Waals surface area (Å²) in [5.74, 6) is 2.32. The molecular formula is C25H26N4O3S. The standard InChI is InChI=1S/C25H26N4O3S/c1-2-14-29-24(22-15-31-20-12-5-6-13-21(20)32-22)27-28-25(29)33-16-23(30)26-19-11-7-9-17-8-3-4-10-18(17)19/h2-6,8,10,12-13,19,22H,1,7,9,11,14-16H2,(H,26,30)/t19-,22-/m1/s1. The van der Waals surface area contributed by atoms with Crippen LogP contribution in [0.3, 0.4) is 0 Å². The quantitative estimate of drug-likeness (QED) is 0.418. The summed E-state index contributed by atoms with van der Waals surface area (Å²) in [7, 11) is 0. The number of fused-ring (bicyclic) bond motifs is 2. The number of allylic oxidation sites excluding steroid dienone is 1. The summed E-state index contributed by atoms with van der Waals surface area (Å²) < 4.78 is 13.9. The van der Waals surface area contributed by atoms with Gasteiger partial charge in [0.2, 0.25) is 5.91 Å². The smallest absolute Gasteiger partial charge is 0.230 e. The first-order valence-corrected chi connectivity index (χ1v) is 12.1. The van der Waals surface area contributed by atoms with Gasteiger partial charge in [0.1, 0.15) is 6.61 Å². The van der Waals surface area contributed by atoms with Crippen molar-refractivity contribution in [3.8, 4) is 11.5 Å². The van der Waals surface area contributed by atoms with Gasteiger partial charge in [-0.2, -0.15) is 0 Å². The number of amides is 1. The van der Waals surface area contributed by atoms with Crippen LogP contribution in [0.1, 0.15) is 41.9 Å². The van der Waals surface area contributed by atoms with Gasteiger partial charge in [0.15, 0.2) is 28.6 Å². The minimum atomic E-state index is -0.380. The highest BCUT2D eigenvalue weighted by atomic mass is 32.2. The molecule has 0 bridgehead atoms. The molecule has 0 radical (unpaired) electrons. The van der Waals surface area contributed by atoms with E-state index in [1.807, 2.05) is 34.9 Å². The Morgan fingerprint density at radius 3 is 2.88 bits per heavy atom. The number of carbonyl (C=O) groups excluding carboxylic acids is 1. The van der Waals surface area contributed by atoms with Crippen LogP contribution >= 0.6 is 11.8 Å². The number of nitrogens with one attached hydrogen (secondary N) is 1. The Bertz CT molecular complexity index is 1160. The number of aryl methyl sites for hydroxylation is 1. The lowest BCUT2D eigenvalue weighted by molar-refractivity contribution is -0.119. The third-order valence-corrected chi connectivity index (χ3v) is 6.86. The molecule has 0 saturated carbocycles. The molecule has 2 atom stereocenters. The van der Waals surface area contributed by atoms with E-state index in [4.69, 9.17) is 9.47 Å². The van der Waals surface area contributed by atoms with Gasteiger partial charge in [-0.3, -0.25) is 9.36 Å². The second-order valence-electron chi connectivity index (χ2n) is 8.10. The van der Waals surface area contributed by atoms with Crippen LogP contribution in [0.2, 0.25) is 0 Å². The lowest BCUT2D eigenvalue weighted by Crippen LogP contribution is -2.32. The Labute approximate surface area is 197 Å². The highest BCUT2D eigenvalue weighted by Gasteiger charge is 2.28. The molecule has 170 valence electrons.